The Morgan fingerprint density at radius 3 is 2.65 bits per heavy atom. The van der Waals surface area contributed by atoms with Crippen LogP contribution in [0.15, 0.2) is 18.2 Å². The van der Waals surface area contributed by atoms with Gasteiger partial charge in [0.25, 0.3) is 0 Å². The molecule has 17 heavy (non-hydrogen) atoms. The summed E-state index contributed by atoms with van der Waals surface area (Å²) in [6.45, 7) is 2.54. The molecule has 0 atom stereocenters. The molecule has 0 aromatic heterocycles. The predicted octanol–water partition coefficient (Wildman–Crippen LogP) is 3.26. The van der Waals surface area contributed by atoms with Crippen LogP contribution in [-0.2, 0) is 6.42 Å². The highest BCUT2D eigenvalue weighted by molar-refractivity contribution is 6.30. The maximum absolute atomic E-state index is 8.95. The van der Waals surface area contributed by atoms with E-state index in [4.69, 9.17) is 16.7 Å². The highest BCUT2D eigenvalue weighted by Gasteiger charge is 2.14. The van der Waals surface area contributed by atoms with Crippen LogP contribution in [0.4, 0.5) is 5.69 Å². The third-order valence-corrected chi connectivity index (χ3v) is 3.58. The molecule has 1 N–H and O–H groups in total. The number of hydrogen-bond donors (Lipinski definition) is 1. The van der Waals surface area contributed by atoms with Crippen LogP contribution in [0.1, 0.15) is 31.2 Å². The van der Waals surface area contributed by atoms with Crippen LogP contribution in [0, 0.1) is 0 Å². The summed E-state index contributed by atoms with van der Waals surface area (Å²) in [7, 11) is 0. The van der Waals surface area contributed by atoms with E-state index >= 15 is 0 Å². The molecule has 0 bridgehead atoms. The first kappa shape index (κ1) is 12.7. The van der Waals surface area contributed by atoms with E-state index < -0.39 is 0 Å². The Morgan fingerprint density at radius 2 is 1.94 bits per heavy atom. The first-order valence-electron chi connectivity index (χ1n) is 6.45. The van der Waals surface area contributed by atoms with Crippen molar-refractivity contribution in [2.45, 2.75) is 32.1 Å². The average Bonchev–Trinajstić information content (AvgIpc) is 2.37. The van der Waals surface area contributed by atoms with Crippen molar-refractivity contribution in [2.75, 3.05) is 24.6 Å². The van der Waals surface area contributed by atoms with E-state index in [2.05, 4.69) is 11.0 Å². The van der Waals surface area contributed by atoms with Crippen molar-refractivity contribution in [3.63, 3.8) is 0 Å². The lowest BCUT2D eigenvalue weighted by Crippen LogP contribution is -2.30. The smallest absolute Gasteiger partial charge is 0.0434 e. The predicted molar refractivity (Wildman–Crippen MR) is 72.9 cm³/mol. The molecule has 1 aliphatic heterocycles. The number of hydrogen-bond acceptors (Lipinski definition) is 2. The Morgan fingerprint density at radius 1 is 1.18 bits per heavy atom. The molecule has 1 heterocycles. The standard InChI is InChI=1S/C14H20ClNO/c15-13-6-7-14(12(11-13)5-4-10-17)16-8-2-1-3-9-16/h6-7,11,17H,1-5,8-10H2. The molecule has 1 aliphatic rings. The maximum Gasteiger partial charge on any atom is 0.0434 e. The van der Waals surface area contributed by atoms with Crippen molar-refractivity contribution in [1.29, 1.82) is 0 Å². The monoisotopic (exact) mass is 253 g/mol. The number of benzene rings is 1. The minimum atomic E-state index is 0.242. The second-order valence-corrected chi connectivity index (χ2v) is 5.08. The molecule has 0 unspecified atom stereocenters. The summed E-state index contributed by atoms with van der Waals surface area (Å²) in [5, 5.41) is 9.74. The van der Waals surface area contributed by atoms with E-state index in [0.29, 0.717) is 0 Å². The van der Waals surface area contributed by atoms with Crippen LogP contribution in [0.2, 0.25) is 5.02 Å². The number of rotatable bonds is 4. The summed E-state index contributed by atoms with van der Waals surface area (Å²) < 4.78 is 0. The van der Waals surface area contributed by atoms with E-state index in [9.17, 15) is 0 Å². The van der Waals surface area contributed by atoms with Crippen LogP contribution in [0.3, 0.4) is 0 Å². The number of aliphatic hydroxyl groups is 1. The molecular formula is C14H20ClNO. The molecule has 1 aromatic carbocycles. The fraction of sp³-hybridized carbons (Fsp3) is 0.571. The van der Waals surface area contributed by atoms with E-state index in [1.807, 2.05) is 12.1 Å². The SMILES string of the molecule is OCCCc1cc(Cl)ccc1N1CCCCC1. The van der Waals surface area contributed by atoms with Crippen molar-refractivity contribution >= 4 is 17.3 Å². The number of anilines is 1. The Kier molecular flexibility index (Phi) is 4.69. The van der Waals surface area contributed by atoms with Gasteiger partial charge in [-0.2, -0.15) is 0 Å². The summed E-state index contributed by atoms with van der Waals surface area (Å²) in [4.78, 5) is 2.45. The van der Waals surface area contributed by atoms with Gasteiger partial charge in [-0.25, -0.2) is 0 Å². The quantitative estimate of drug-likeness (QED) is 0.891. The van der Waals surface area contributed by atoms with Crippen LogP contribution < -0.4 is 4.90 Å². The van der Waals surface area contributed by atoms with Gasteiger partial charge >= 0.3 is 0 Å². The molecule has 3 heteroatoms. The van der Waals surface area contributed by atoms with Gasteiger partial charge in [-0.05, 0) is 55.9 Å². The Bertz CT molecular complexity index is 361. The number of aryl methyl sites for hydroxylation is 1. The van der Waals surface area contributed by atoms with Crippen LogP contribution in [0.25, 0.3) is 0 Å². The highest BCUT2D eigenvalue weighted by atomic mass is 35.5. The lowest BCUT2D eigenvalue weighted by molar-refractivity contribution is 0.288. The molecule has 0 amide bonds. The summed E-state index contributed by atoms with van der Waals surface area (Å²) in [6.07, 6.45) is 5.62. The Hall–Kier alpha value is -0.730. The van der Waals surface area contributed by atoms with Gasteiger partial charge in [0.05, 0.1) is 0 Å². The zero-order chi connectivity index (χ0) is 12.1. The molecule has 1 fully saturated rings. The number of halogens is 1. The highest BCUT2D eigenvalue weighted by Crippen LogP contribution is 2.27. The van der Waals surface area contributed by atoms with Crippen LogP contribution >= 0.6 is 11.6 Å². The van der Waals surface area contributed by atoms with Crippen LogP contribution in [-0.4, -0.2) is 24.8 Å². The topological polar surface area (TPSA) is 23.5 Å². The molecule has 1 aromatic rings. The van der Waals surface area contributed by atoms with Crippen molar-refractivity contribution in [3.8, 4) is 0 Å². The van der Waals surface area contributed by atoms with Crippen molar-refractivity contribution in [2.24, 2.45) is 0 Å². The first-order chi connectivity index (χ1) is 8.31. The van der Waals surface area contributed by atoms with Gasteiger partial charge in [0.2, 0.25) is 0 Å². The lowest BCUT2D eigenvalue weighted by atomic mass is 10.0. The largest absolute Gasteiger partial charge is 0.396 e. The maximum atomic E-state index is 8.95. The van der Waals surface area contributed by atoms with Gasteiger partial charge in [0.15, 0.2) is 0 Å². The molecule has 1 saturated heterocycles. The van der Waals surface area contributed by atoms with E-state index in [-0.39, 0.29) is 6.61 Å². The summed E-state index contributed by atoms with van der Waals surface area (Å²) in [6, 6.07) is 6.13. The van der Waals surface area contributed by atoms with Crippen molar-refractivity contribution < 1.29 is 5.11 Å². The molecule has 2 nitrogen and oxygen atoms in total. The third-order valence-electron chi connectivity index (χ3n) is 3.34. The fourth-order valence-corrected chi connectivity index (χ4v) is 2.66. The Balaban J connectivity index is 2.18. The summed E-state index contributed by atoms with van der Waals surface area (Å²) in [5.41, 5.74) is 2.58. The zero-order valence-electron chi connectivity index (χ0n) is 10.2. The summed E-state index contributed by atoms with van der Waals surface area (Å²) >= 11 is 6.05. The molecular weight excluding hydrogens is 234 g/mol. The van der Waals surface area contributed by atoms with Gasteiger partial charge in [0.1, 0.15) is 0 Å². The van der Waals surface area contributed by atoms with Gasteiger partial charge in [-0.3, -0.25) is 0 Å². The third kappa shape index (κ3) is 3.36. The lowest BCUT2D eigenvalue weighted by Gasteiger charge is -2.30. The molecule has 94 valence electrons. The minimum Gasteiger partial charge on any atom is -0.396 e. The van der Waals surface area contributed by atoms with Gasteiger partial charge in [-0.1, -0.05) is 11.6 Å². The van der Waals surface area contributed by atoms with Crippen molar-refractivity contribution in [1.82, 2.24) is 0 Å². The first-order valence-corrected chi connectivity index (χ1v) is 6.83. The second kappa shape index (κ2) is 6.27. The van der Waals surface area contributed by atoms with Gasteiger partial charge < -0.3 is 10.0 Å². The van der Waals surface area contributed by atoms with Crippen molar-refractivity contribution in [3.05, 3.63) is 28.8 Å². The minimum absolute atomic E-state index is 0.242. The number of aliphatic hydroxyl groups excluding tert-OH is 1. The van der Waals surface area contributed by atoms with Gasteiger partial charge in [0, 0.05) is 30.4 Å². The second-order valence-electron chi connectivity index (χ2n) is 4.65. The summed E-state index contributed by atoms with van der Waals surface area (Å²) in [5.74, 6) is 0. The van der Waals surface area contributed by atoms with E-state index in [1.165, 1.54) is 30.5 Å². The molecule has 0 saturated carbocycles. The average molecular weight is 254 g/mol. The molecule has 0 radical (unpaired) electrons. The van der Waals surface area contributed by atoms with E-state index in [0.717, 1.165) is 31.0 Å². The zero-order valence-corrected chi connectivity index (χ0v) is 10.9. The molecule has 0 aliphatic carbocycles. The van der Waals surface area contributed by atoms with E-state index in [1.54, 1.807) is 0 Å². The number of nitrogens with zero attached hydrogens (tertiary/aromatic N) is 1. The fourth-order valence-electron chi connectivity index (χ4n) is 2.47. The molecule has 0 spiro atoms. The van der Waals surface area contributed by atoms with Crippen LogP contribution in [0.5, 0.6) is 0 Å². The van der Waals surface area contributed by atoms with Gasteiger partial charge in [-0.15, -0.1) is 0 Å². The Labute approximate surface area is 108 Å². The normalized spacial score (nSPS) is 16.2. The molecule has 2 rings (SSSR count). The number of piperidine rings is 1.